The van der Waals surface area contributed by atoms with E-state index in [-0.39, 0.29) is 11.7 Å². The summed E-state index contributed by atoms with van der Waals surface area (Å²) in [5.41, 5.74) is 1.36. The second kappa shape index (κ2) is 12.1. The number of anilines is 1. The molecule has 7 nitrogen and oxygen atoms in total. The van der Waals surface area contributed by atoms with Crippen molar-refractivity contribution >= 4 is 23.2 Å². The molecule has 2 N–H and O–H groups in total. The Morgan fingerprint density at radius 2 is 1.78 bits per heavy atom. The van der Waals surface area contributed by atoms with Gasteiger partial charge in [0.15, 0.2) is 5.76 Å². The maximum atomic E-state index is 12.7. The Balaban J connectivity index is 1.59. The predicted molar refractivity (Wildman–Crippen MR) is 125 cm³/mol. The number of ether oxygens (including phenoxy) is 3. The lowest BCUT2D eigenvalue weighted by atomic mass is 10.2. The minimum Gasteiger partial charge on any atom is -0.497 e. The van der Waals surface area contributed by atoms with Gasteiger partial charge in [0.25, 0.3) is 5.91 Å². The third-order valence-electron chi connectivity index (χ3n) is 4.54. The van der Waals surface area contributed by atoms with Gasteiger partial charge in [-0.1, -0.05) is 11.6 Å². The molecule has 0 bridgehead atoms. The highest BCUT2D eigenvalue weighted by Crippen LogP contribution is 2.28. The lowest BCUT2D eigenvalue weighted by Crippen LogP contribution is -2.13. The standard InChI is InChI=1S/C24H27ClN2O5/c1-26-10-3-11-30-12-13-31-21-15-19(14-20(16-21)29-2)27-24(28)23-9-8-22(32-23)17-4-6-18(25)7-5-17/h4-9,14-16,26H,3,10-13H2,1-2H3,(H,27,28). The van der Waals surface area contributed by atoms with E-state index in [9.17, 15) is 4.79 Å². The molecule has 1 amide bonds. The van der Waals surface area contributed by atoms with Crippen LogP contribution in [0.2, 0.25) is 5.02 Å². The molecule has 0 radical (unpaired) electrons. The van der Waals surface area contributed by atoms with Crippen molar-refractivity contribution in [2.24, 2.45) is 0 Å². The van der Waals surface area contributed by atoms with Crippen molar-refractivity contribution < 1.29 is 23.4 Å². The number of hydrogen-bond donors (Lipinski definition) is 2. The van der Waals surface area contributed by atoms with Gasteiger partial charge in [0, 0.05) is 41.1 Å². The maximum Gasteiger partial charge on any atom is 0.291 e. The summed E-state index contributed by atoms with van der Waals surface area (Å²) in [6.45, 7) is 2.45. The summed E-state index contributed by atoms with van der Waals surface area (Å²) >= 11 is 5.92. The van der Waals surface area contributed by atoms with Crippen molar-refractivity contribution in [1.82, 2.24) is 5.32 Å². The first kappa shape index (κ1) is 23.7. The van der Waals surface area contributed by atoms with Crippen LogP contribution in [-0.2, 0) is 4.74 Å². The molecule has 0 aliphatic rings. The Morgan fingerprint density at radius 3 is 2.53 bits per heavy atom. The van der Waals surface area contributed by atoms with Crippen molar-refractivity contribution in [3.8, 4) is 22.8 Å². The molecule has 0 aliphatic heterocycles. The van der Waals surface area contributed by atoms with E-state index in [1.165, 1.54) is 0 Å². The molecule has 0 unspecified atom stereocenters. The van der Waals surface area contributed by atoms with Crippen molar-refractivity contribution in [1.29, 1.82) is 0 Å². The SMILES string of the molecule is CNCCCOCCOc1cc(NC(=O)c2ccc(-c3ccc(Cl)cc3)o2)cc(OC)c1. The van der Waals surface area contributed by atoms with Gasteiger partial charge < -0.3 is 29.3 Å². The van der Waals surface area contributed by atoms with E-state index >= 15 is 0 Å². The number of carbonyl (C=O) groups is 1. The summed E-state index contributed by atoms with van der Waals surface area (Å²) in [6.07, 6.45) is 0.943. The molecule has 8 heteroatoms. The third-order valence-corrected chi connectivity index (χ3v) is 4.80. The lowest BCUT2D eigenvalue weighted by Gasteiger charge is -2.11. The van der Waals surface area contributed by atoms with E-state index in [4.69, 9.17) is 30.2 Å². The molecule has 0 saturated heterocycles. The Hall–Kier alpha value is -3.00. The fraction of sp³-hybridized carbons (Fsp3) is 0.292. The monoisotopic (exact) mass is 458 g/mol. The average molecular weight is 459 g/mol. The van der Waals surface area contributed by atoms with Crippen molar-refractivity contribution in [3.05, 3.63) is 65.4 Å². The van der Waals surface area contributed by atoms with Crippen LogP contribution in [0.15, 0.2) is 59.0 Å². The van der Waals surface area contributed by atoms with Gasteiger partial charge >= 0.3 is 0 Å². The summed E-state index contributed by atoms with van der Waals surface area (Å²) in [5, 5.41) is 6.53. The molecule has 32 heavy (non-hydrogen) atoms. The van der Waals surface area contributed by atoms with Crippen LogP contribution in [0.5, 0.6) is 11.5 Å². The Kier molecular flexibility index (Phi) is 8.98. The maximum absolute atomic E-state index is 12.7. The number of amides is 1. The molecule has 3 aromatic rings. The quantitative estimate of drug-likeness (QED) is 0.377. The number of rotatable bonds is 12. The van der Waals surface area contributed by atoms with Gasteiger partial charge in [-0.3, -0.25) is 4.79 Å². The average Bonchev–Trinajstić information content (AvgIpc) is 3.29. The first-order valence-corrected chi connectivity index (χ1v) is 10.7. The summed E-state index contributed by atoms with van der Waals surface area (Å²) in [6, 6.07) is 15.8. The number of benzene rings is 2. The summed E-state index contributed by atoms with van der Waals surface area (Å²) in [7, 11) is 3.47. The predicted octanol–water partition coefficient (Wildman–Crippen LogP) is 4.87. The zero-order valence-corrected chi connectivity index (χ0v) is 18.9. The molecular formula is C24H27ClN2O5. The molecule has 2 aromatic carbocycles. The van der Waals surface area contributed by atoms with Crippen molar-refractivity contribution in [2.75, 3.05) is 45.8 Å². The second-order valence-corrected chi connectivity index (χ2v) is 7.38. The van der Waals surface area contributed by atoms with Gasteiger partial charge in [-0.15, -0.1) is 0 Å². The summed E-state index contributed by atoms with van der Waals surface area (Å²) in [5.74, 6) is 1.53. The number of methoxy groups -OCH3 is 1. The summed E-state index contributed by atoms with van der Waals surface area (Å²) < 4.78 is 22.3. The zero-order valence-electron chi connectivity index (χ0n) is 18.2. The highest BCUT2D eigenvalue weighted by Gasteiger charge is 2.14. The molecule has 1 heterocycles. The van der Waals surface area contributed by atoms with E-state index < -0.39 is 0 Å². The van der Waals surface area contributed by atoms with Gasteiger partial charge in [-0.25, -0.2) is 0 Å². The van der Waals surface area contributed by atoms with Crippen LogP contribution in [0.3, 0.4) is 0 Å². The van der Waals surface area contributed by atoms with Gasteiger partial charge in [0.05, 0.1) is 13.7 Å². The van der Waals surface area contributed by atoms with Crippen molar-refractivity contribution in [2.45, 2.75) is 6.42 Å². The van der Waals surface area contributed by atoms with Crippen LogP contribution in [-0.4, -0.2) is 46.4 Å². The molecule has 0 atom stereocenters. The van der Waals surface area contributed by atoms with Crippen LogP contribution < -0.4 is 20.1 Å². The minimum absolute atomic E-state index is 0.190. The van der Waals surface area contributed by atoms with Crippen molar-refractivity contribution in [3.63, 3.8) is 0 Å². The molecular weight excluding hydrogens is 432 g/mol. The highest BCUT2D eigenvalue weighted by atomic mass is 35.5. The van der Waals surface area contributed by atoms with Crippen LogP contribution in [0, 0.1) is 0 Å². The zero-order chi connectivity index (χ0) is 22.8. The van der Waals surface area contributed by atoms with Gasteiger partial charge in [-0.2, -0.15) is 0 Å². The Bertz CT molecular complexity index is 1000. The normalized spacial score (nSPS) is 10.7. The van der Waals surface area contributed by atoms with Gasteiger partial charge in [0.1, 0.15) is 23.9 Å². The molecule has 3 rings (SSSR count). The summed E-state index contributed by atoms with van der Waals surface area (Å²) in [4.78, 5) is 12.7. The first-order chi connectivity index (χ1) is 15.6. The lowest BCUT2D eigenvalue weighted by molar-refractivity contribution is 0.0984. The Morgan fingerprint density at radius 1 is 1.00 bits per heavy atom. The number of carbonyl (C=O) groups excluding carboxylic acids is 1. The molecule has 0 fully saturated rings. The van der Waals surface area contributed by atoms with Crippen LogP contribution in [0.25, 0.3) is 11.3 Å². The van der Waals surface area contributed by atoms with E-state index in [0.29, 0.717) is 47.8 Å². The molecule has 0 saturated carbocycles. The Labute approximate surface area is 192 Å². The minimum atomic E-state index is -0.378. The van der Waals surface area contributed by atoms with E-state index in [1.54, 1.807) is 49.6 Å². The highest BCUT2D eigenvalue weighted by molar-refractivity contribution is 6.30. The fourth-order valence-electron chi connectivity index (χ4n) is 2.94. The van der Waals surface area contributed by atoms with Crippen LogP contribution in [0.1, 0.15) is 17.0 Å². The van der Waals surface area contributed by atoms with Crippen LogP contribution >= 0.6 is 11.6 Å². The van der Waals surface area contributed by atoms with Gasteiger partial charge in [-0.05, 0) is 56.4 Å². The number of nitrogens with one attached hydrogen (secondary N) is 2. The molecule has 1 aromatic heterocycles. The number of hydrogen-bond acceptors (Lipinski definition) is 6. The second-order valence-electron chi connectivity index (χ2n) is 6.94. The topological polar surface area (TPSA) is 82.0 Å². The number of halogens is 1. The van der Waals surface area contributed by atoms with E-state index in [2.05, 4.69) is 10.6 Å². The molecule has 0 aliphatic carbocycles. The van der Waals surface area contributed by atoms with Crippen LogP contribution in [0.4, 0.5) is 5.69 Å². The fourth-order valence-corrected chi connectivity index (χ4v) is 3.06. The largest absolute Gasteiger partial charge is 0.497 e. The first-order valence-electron chi connectivity index (χ1n) is 10.3. The number of furan rings is 1. The molecule has 0 spiro atoms. The third kappa shape index (κ3) is 7.02. The molecule has 170 valence electrons. The smallest absolute Gasteiger partial charge is 0.291 e. The van der Waals surface area contributed by atoms with E-state index in [1.807, 2.05) is 19.2 Å². The van der Waals surface area contributed by atoms with Gasteiger partial charge in [0.2, 0.25) is 0 Å². The van der Waals surface area contributed by atoms with E-state index in [0.717, 1.165) is 18.5 Å².